The summed E-state index contributed by atoms with van der Waals surface area (Å²) in [6.45, 7) is 3.66. The lowest BCUT2D eigenvalue weighted by atomic mass is 10.2. The molecule has 1 aromatic rings. The van der Waals surface area contributed by atoms with Gasteiger partial charge in [0.05, 0.1) is 6.10 Å². The zero-order chi connectivity index (χ0) is 11.3. The van der Waals surface area contributed by atoms with E-state index in [0.29, 0.717) is 0 Å². The quantitative estimate of drug-likeness (QED) is 0.486. The normalized spacial score (nSPS) is 10.9. The van der Waals surface area contributed by atoms with Gasteiger partial charge < -0.3 is 4.74 Å². The Bertz CT molecular complexity index is 352. The smallest absolute Gasteiger partial charge is 0.331 e. The lowest BCUT2D eigenvalue weighted by Crippen LogP contribution is -2.08. The zero-order valence-corrected chi connectivity index (χ0v) is 10.9. The van der Waals surface area contributed by atoms with E-state index in [4.69, 9.17) is 4.74 Å². The van der Waals surface area contributed by atoms with Crippen LogP contribution in [0.25, 0.3) is 6.08 Å². The monoisotopic (exact) mass is 316 g/mol. The molecule has 3 heteroatoms. The Morgan fingerprint density at radius 3 is 2.47 bits per heavy atom. The van der Waals surface area contributed by atoms with E-state index in [1.165, 1.54) is 9.65 Å². The summed E-state index contributed by atoms with van der Waals surface area (Å²) in [5.74, 6) is -0.302. The van der Waals surface area contributed by atoms with Crippen LogP contribution in [0.4, 0.5) is 0 Å². The summed E-state index contributed by atoms with van der Waals surface area (Å²) in [6.07, 6.45) is 3.13. The van der Waals surface area contributed by atoms with Crippen molar-refractivity contribution >= 4 is 34.6 Å². The van der Waals surface area contributed by atoms with E-state index in [1.54, 1.807) is 6.08 Å². The van der Waals surface area contributed by atoms with Crippen molar-refractivity contribution in [2.45, 2.75) is 20.0 Å². The van der Waals surface area contributed by atoms with Crippen LogP contribution in [0.1, 0.15) is 19.4 Å². The van der Waals surface area contributed by atoms with Gasteiger partial charge >= 0.3 is 5.97 Å². The van der Waals surface area contributed by atoms with Crippen molar-refractivity contribution in [3.05, 3.63) is 39.5 Å². The van der Waals surface area contributed by atoms with E-state index in [9.17, 15) is 4.79 Å². The molecule has 0 spiro atoms. The molecular weight excluding hydrogens is 303 g/mol. The predicted molar refractivity (Wildman–Crippen MR) is 69.4 cm³/mol. The highest BCUT2D eigenvalue weighted by Crippen LogP contribution is 2.08. The molecule has 1 aromatic carbocycles. The first-order valence-electron chi connectivity index (χ1n) is 4.72. The second kappa shape index (κ2) is 5.90. The number of benzene rings is 1. The second-order valence-corrected chi connectivity index (χ2v) is 4.62. The lowest BCUT2D eigenvalue weighted by molar-refractivity contribution is -0.141. The van der Waals surface area contributed by atoms with E-state index in [1.807, 2.05) is 38.1 Å². The number of carbonyl (C=O) groups is 1. The Labute approximate surface area is 103 Å². The third-order valence-corrected chi connectivity index (χ3v) is 2.35. The van der Waals surface area contributed by atoms with Crippen LogP contribution in [-0.4, -0.2) is 12.1 Å². The van der Waals surface area contributed by atoms with Crippen molar-refractivity contribution in [2.75, 3.05) is 0 Å². The molecule has 0 aliphatic carbocycles. The lowest BCUT2D eigenvalue weighted by Gasteiger charge is -2.03. The highest BCUT2D eigenvalue weighted by Gasteiger charge is 1.99. The molecule has 0 saturated heterocycles. The Morgan fingerprint density at radius 2 is 1.93 bits per heavy atom. The SMILES string of the molecule is CC(C)OC(=O)C=Cc1ccc(I)cc1. The summed E-state index contributed by atoms with van der Waals surface area (Å²) in [6, 6.07) is 7.91. The minimum Gasteiger partial charge on any atom is -0.460 e. The van der Waals surface area contributed by atoms with Crippen LogP contribution in [0.15, 0.2) is 30.3 Å². The first-order chi connectivity index (χ1) is 7.08. The molecule has 0 unspecified atom stereocenters. The molecule has 0 amide bonds. The highest BCUT2D eigenvalue weighted by molar-refractivity contribution is 14.1. The fourth-order valence-electron chi connectivity index (χ4n) is 1.01. The average molecular weight is 316 g/mol. The Kier molecular flexibility index (Phi) is 4.81. The van der Waals surface area contributed by atoms with Crippen molar-refractivity contribution < 1.29 is 9.53 Å². The van der Waals surface area contributed by atoms with Gasteiger partial charge in [0, 0.05) is 9.65 Å². The molecule has 0 radical (unpaired) electrons. The number of hydrogen-bond acceptors (Lipinski definition) is 2. The van der Waals surface area contributed by atoms with E-state index < -0.39 is 0 Å². The molecule has 0 bridgehead atoms. The maximum absolute atomic E-state index is 11.2. The van der Waals surface area contributed by atoms with Gasteiger partial charge in [-0.15, -0.1) is 0 Å². The molecule has 1 rings (SSSR count). The van der Waals surface area contributed by atoms with Crippen LogP contribution in [0.5, 0.6) is 0 Å². The number of ether oxygens (including phenoxy) is 1. The summed E-state index contributed by atoms with van der Waals surface area (Å²) in [4.78, 5) is 11.2. The maximum atomic E-state index is 11.2. The Hall–Kier alpha value is -0.840. The molecule has 0 atom stereocenters. The van der Waals surface area contributed by atoms with Gasteiger partial charge in [-0.05, 0) is 60.2 Å². The van der Waals surface area contributed by atoms with Crippen molar-refractivity contribution in [1.82, 2.24) is 0 Å². The van der Waals surface area contributed by atoms with Gasteiger partial charge in [0.25, 0.3) is 0 Å². The summed E-state index contributed by atoms with van der Waals surface area (Å²) in [5, 5.41) is 0. The number of esters is 1. The summed E-state index contributed by atoms with van der Waals surface area (Å²) >= 11 is 2.24. The molecule has 2 nitrogen and oxygen atoms in total. The van der Waals surface area contributed by atoms with Gasteiger partial charge in [-0.3, -0.25) is 0 Å². The summed E-state index contributed by atoms with van der Waals surface area (Å²) in [7, 11) is 0. The van der Waals surface area contributed by atoms with Crippen LogP contribution >= 0.6 is 22.6 Å². The van der Waals surface area contributed by atoms with Crippen LogP contribution in [-0.2, 0) is 9.53 Å². The minimum absolute atomic E-state index is 0.0705. The maximum Gasteiger partial charge on any atom is 0.331 e. The van der Waals surface area contributed by atoms with Crippen LogP contribution < -0.4 is 0 Å². The average Bonchev–Trinajstić information content (AvgIpc) is 2.16. The molecule has 0 heterocycles. The van der Waals surface area contributed by atoms with Crippen molar-refractivity contribution in [1.29, 1.82) is 0 Å². The molecule has 0 saturated carbocycles. The molecule has 0 aliphatic rings. The molecule has 0 aliphatic heterocycles. The zero-order valence-electron chi connectivity index (χ0n) is 8.74. The standard InChI is InChI=1S/C12H13IO2/c1-9(2)15-12(14)8-5-10-3-6-11(13)7-4-10/h3-9H,1-2H3. The molecule has 0 aromatic heterocycles. The minimum atomic E-state index is -0.302. The van der Waals surface area contributed by atoms with Gasteiger partial charge in [0.2, 0.25) is 0 Å². The highest BCUT2D eigenvalue weighted by atomic mass is 127. The molecule has 0 fully saturated rings. The molecular formula is C12H13IO2. The Balaban J connectivity index is 2.57. The first-order valence-corrected chi connectivity index (χ1v) is 5.80. The largest absolute Gasteiger partial charge is 0.460 e. The Morgan fingerprint density at radius 1 is 1.33 bits per heavy atom. The summed E-state index contributed by atoms with van der Waals surface area (Å²) in [5.41, 5.74) is 0.996. The third-order valence-electron chi connectivity index (χ3n) is 1.63. The van der Waals surface area contributed by atoms with E-state index >= 15 is 0 Å². The van der Waals surface area contributed by atoms with E-state index in [2.05, 4.69) is 22.6 Å². The third kappa shape index (κ3) is 4.97. The van der Waals surface area contributed by atoms with Gasteiger partial charge in [-0.25, -0.2) is 4.79 Å². The molecule has 0 N–H and O–H groups in total. The van der Waals surface area contributed by atoms with Crippen molar-refractivity contribution in [3.63, 3.8) is 0 Å². The van der Waals surface area contributed by atoms with Crippen LogP contribution in [0.3, 0.4) is 0 Å². The predicted octanol–water partition coefficient (Wildman–Crippen LogP) is 3.26. The van der Waals surface area contributed by atoms with E-state index in [0.717, 1.165) is 5.56 Å². The first kappa shape index (κ1) is 12.2. The molecule has 15 heavy (non-hydrogen) atoms. The fraction of sp³-hybridized carbons (Fsp3) is 0.250. The topological polar surface area (TPSA) is 26.3 Å². The van der Waals surface area contributed by atoms with E-state index in [-0.39, 0.29) is 12.1 Å². The molecule has 80 valence electrons. The number of hydrogen-bond donors (Lipinski definition) is 0. The number of halogens is 1. The summed E-state index contributed by atoms with van der Waals surface area (Å²) < 4.78 is 6.14. The number of carbonyl (C=O) groups excluding carboxylic acids is 1. The van der Waals surface area contributed by atoms with Gasteiger partial charge in [0.1, 0.15) is 0 Å². The van der Waals surface area contributed by atoms with Crippen molar-refractivity contribution in [2.24, 2.45) is 0 Å². The van der Waals surface area contributed by atoms with Gasteiger partial charge in [0.15, 0.2) is 0 Å². The fourth-order valence-corrected chi connectivity index (χ4v) is 1.37. The second-order valence-electron chi connectivity index (χ2n) is 3.37. The van der Waals surface area contributed by atoms with Gasteiger partial charge in [-0.1, -0.05) is 12.1 Å². The van der Waals surface area contributed by atoms with Crippen molar-refractivity contribution in [3.8, 4) is 0 Å². The van der Waals surface area contributed by atoms with Crippen LogP contribution in [0.2, 0.25) is 0 Å². The van der Waals surface area contributed by atoms with Crippen LogP contribution in [0, 0.1) is 3.57 Å². The number of rotatable bonds is 3. The van der Waals surface area contributed by atoms with Gasteiger partial charge in [-0.2, -0.15) is 0 Å².